The van der Waals surface area contributed by atoms with Crippen LogP contribution in [0.5, 0.6) is 0 Å². The van der Waals surface area contributed by atoms with Gasteiger partial charge in [-0.2, -0.15) is 13.2 Å². The van der Waals surface area contributed by atoms with E-state index in [-0.39, 0.29) is 19.8 Å². The van der Waals surface area contributed by atoms with E-state index in [4.69, 9.17) is 14.9 Å². The Labute approximate surface area is 85.0 Å². The number of ether oxygens (including phenoxy) is 1. The molecule has 2 N–H and O–H groups in total. The molecular formula is C9H12F3NO2. The molecular weight excluding hydrogens is 211 g/mol. The van der Waals surface area contributed by atoms with Crippen molar-refractivity contribution in [3.8, 4) is 0 Å². The van der Waals surface area contributed by atoms with Crippen molar-refractivity contribution in [2.45, 2.75) is 25.7 Å². The molecule has 3 nitrogen and oxygen atoms in total. The SMILES string of the molecule is NCc1ccc(COCCC(F)(F)F)o1. The fourth-order valence-corrected chi connectivity index (χ4v) is 0.970. The standard InChI is InChI=1S/C9H12F3NO2/c10-9(11,12)3-4-14-6-8-2-1-7(5-13)15-8/h1-2H,3-6,13H2. The molecule has 0 amide bonds. The summed E-state index contributed by atoms with van der Waals surface area (Å²) in [5.74, 6) is 1.07. The zero-order valence-corrected chi connectivity index (χ0v) is 8.01. The minimum absolute atomic E-state index is 0.0378. The van der Waals surface area contributed by atoms with Gasteiger partial charge >= 0.3 is 6.18 Å². The van der Waals surface area contributed by atoms with Gasteiger partial charge in [-0.3, -0.25) is 0 Å². The molecule has 0 aliphatic carbocycles. The van der Waals surface area contributed by atoms with Crippen molar-refractivity contribution >= 4 is 0 Å². The van der Waals surface area contributed by atoms with Crippen molar-refractivity contribution in [3.63, 3.8) is 0 Å². The molecule has 0 atom stereocenters. The lowest BCUT2D eigenvalue weighted by molar-refractivity contribution is -0.146. The van der Waals surface area contributed by atoms with Crippen LogP contribution < -0.4 is 5.73 Å². The van der Waals surface area contributed by atoms with Crippen molar-refractivity contribution in [1.29, 1.82) is 0 Å². The quantitative estimate of drug-likeness (QED) is 0.778. The van der Waals surface area contributed by atoms with E-state index in [0.717, 1.165) is 0 Å². The summed E-state index contributed by atoms with van der Waals surface area (Å²) in [6.45, 7) is -0.0548. The Morgan fingerprint density at radius 2 is 1.93 bits per heavy atom. The van der Waals surface area contributed by atoms with Gasteiger partial charge in [0, 0.05) is 0 Å². The molecule has 0 saturated heterocycles. The third-order valence-electron chi connectivity index (χ3n) is 1.69. The minimum atomic E-state index is -4.18. The normalized spacial score (nSPS) is 12.0. The summed E-state index contributed by atoms with van der Waals surface area (Å²) >= 11 is 0. The number of nitrogens with two attached hydrogens (primary N) is 1. The Morgan fingerprint density at radius 1 is 1.27 bits per heavy atom. The predicted molar refractivity (Wildman–Crippen MR) is 46.9 cm³/mol. The Hall–Kier alpha value is -1.01. The second-order valence-corrected chi connectivity index (χ2v) is 2.99. The Kier molecular flexibility index (Phi) is 4.16. The fourth-order valence-electron chi connectivity index (χ4n) is 0.970. The van der Waals surface area contributed by atoms with Crippen LogP contribution in [0, 0.1) is 0 Å². The van der Waals surface area contributed by atoms with E-state index < -0.39 is 12.6 Å². The first-order valence-electron chi connectivity index (χ1n) is 4.43. The Balaban J connectivity index is 2.20. The van der Waals surface area contributed by atoms with Crippen LogP contribution in [0.2, 0.25) is 0 Å². The lowest BCUT2D eigenvalue weighted by Gasteiger charge is -2.05. The monoisotopic (exact) mass is 223 g/mol. The van der Waals surface area contributed by atoms with Crippen molar-refractivity contribution in [3.05, 3.63) is 23.7 Å². The zero-order chi connectivity index (χ0) is 11.3. The molecule has 1 heterocycles. The largest absolute Gasteiger partial charge is 0.462 e. The smallest absolute Gasteiger partial charge is 0.391 e. The summed E-state index contributed by atoms with van der Waals surface area (Å²) in [7, 11) is 0. The first-order valence-corrected chi connectivity index (χ1v) is 4.43. The Morgan fingerprint density at radius 3 is 2.47 bits per heavy atom. The second kappa shape index (κ2) is 5.18. The van der Waals surface area contributed by atoms with E-state index >= 15 is 0 Å². The van der Waals surface area contributed by atoms with Crippen LogP contribution >= 0.6 is 0 Å². The van der Waals surface area contributed by atoms with E-state index in [2.05, 4.69) is 0 Å². The van der Waals surface area contributed by atoms with Gasteiger partial charge < -0.3 is 14.9 Å². The summed E-state index contributed by atoms with van der Waals surface area (Å²) in [6, 6.07) is 3.30. The topological polar surface area (TPSA) is 48.4 Å². The number of halogens is 3. The minimum Gasteiger partial charge on any atom is -0.462 e. The molecule has 0 aromatic carbocycles. The molecule has 0 fully saturated rings. The van der Waals surface area contributed by atoms with Crippen LogP contribution in [0.3, 0.4) is 0 Å². The summed E-state index contributed by atoms with van der Waals surface area (Å²) < 4.78 is 45.1. The van der Waals surface area contributed by atoms with Gasteiger partial charge in [0.25, 0.3) is 0 Å². The van der Waals surface area contributed by atoms with Crippen molar-refractivity contribution in [1.82, 2.24) is 0 Å². The molecule has 15 heavy (non-hydrogen) atoms. The van der Waals surface area contributed by atoms with E-state index in [1.807, 2.05) is 0 Å². The molecule has 0 saturated carbocycles. The maximum atomic E-state index is 11.7. The molecule has 0 bridgehead atoms. The van der Waals surface area contributed by atoms with Gasteiger partial charge in [0.1, 0.15) is 18.1 Å². The van der Waals surface area contributed by atoms with Gasteiger partial charge in [-0.1, -0.05) is 0 Å². The highest BCUT2D eigenvalue weighted by atomic mass is 19.4. The molecule has 0 aliphatic rings. The Bertz CT molecular complexity index is 296. The summed E-state index contributed by atoms with van der Waals surface area (Å²) in [4.78, 5) is 0. The fraction of sp³-hybridized carbons (Fsp3) is 0.556. The highest BCUT2D eigenvalue weighted by Crippen LogP contribution is 2.19. The van der Waals surface area contributed by atoms with Gasteiger partial charge in [0.15, 0.2) is 0 Å². The molecule has 0 radical (unpaired) electrons. The van der Waals surface area contributed by atoms with Gasteiger partial charge in [-0.05, 0) is 12.1 Å². The average molecular weight is 223 g/mol. The average Bonchev–Trinajstić information content (AvgIpc) is 2.59. The van der Waals surface area contributed by atoms with Gasteiger partial charge in [-0.15, -0.1) is 0 Å². The maximum absolute atomic E-state index is 11.7. The highest BCUT2D eigenvalue weighted by Gasteiger charge is 2.26. The van der Waals surface area contributed by atoms with E-state index in [1.165, 1.54) is 0 Å². The first-order chi connectivity index (χ1) is 7.01. The van der Waals surface area contributed by atoms with Crippen LogP contribution in [-0.2, 0) is 17.9 Å². The van der Waals surface area contributed by atoms with Crippen LogP contribution in [0.15, 0.2) is 16.5 Å². The number of hydrogen-bond donors (Lipinski definition) is 1. The highest BCUT2D eigenvalue weighted by molar-refractivity contribution is 5.05. The van der Waals surface area contributed by atoms with Crippen molar-refractivity contribution in [2.24, 2.45) is 5.73 Å². The van der Waals surface area contributed by atoms with Crippen molar-refractivity contribution in [2.75, 3.05) is 6.61 Å². The summed E-state index contributed by atoms with van der Waals surface area (Å²) in [5.41, 5.74) is 5.29. The zero-order valence-electron chi connectivity index (χ0n) is 8.01. The molecule has 1 aromatic rings. The molecule has 1 aromatic heterocycles. The number of rotatable bonds is 5. The molecule has 6 heteroatoms. The van der Waals surface area contributed by atoms with E-state index in [0.29, 0.717) is 11.5 Å². The molecule has 1 rings (SSSR count). The second-order valence-electron chi connectivity index (χ2n) is 2.99. The molecule has 86 valence electrons. The maximum Gasteiger partial charge on any atom is 0.391 e. The van der Waals surface area contributed by atoms with E-state index in [9.17, 15) is 13.2 Å². The van der Waals surface area contributed by atoms with Crippen LogP contribution in [-0.4, -0.2) is 12.8 Å². The number of hydrogen-bond acceptors (Lipinski definition) is 3. The number of alkyl halides is 3. The van der Waals surface area contributed by atoms with Crippen LogP contribution in [0.1, 0.15) is 17.9 Å². The lowest BCUT2D eigenvalue weighted by Crippen LogP contribution is -2.11. The first kappa shape index (κ1) is 12.1. The van der Waals surface area contributed by atoms with Gasteiger partial charge in [0.2, 0.25) is 0 Å². The molecule has 0 spiro atoms. The van der Waals surface area contributed by atoms with Crippen LogP contribution in [0.25, 0.3) is 0 Å². The number of furan rings is 1. The van der Waals surface area contributed by atoms with E-state index in [1.54, 1.807) is 12.1 Å². The molecule has 0 unspecified atom stereocenters. The van der Waals surface area contributed by atoms with Crippen LogP contribution in [0.4, 0.5) is 13.2 Å². The lowest BCUT2D eigenvalue weighted by atomic mass is 10.4. The van der Waals surface area contributed by atoms with Crippen molar-refractivity contribution < 1.29 is 22.3 Å². The van der Waals surface area contributed by atoms with Gasteiger partial charge in [0.05, 0.1) is 19.6 Å². The summed E-state index contributed by atoms with van der Waals surface area (Å²) in [5, 5.41) is 0. The third kappa shape index (κ3) is 4.85. The summed E-state index contributed by atoms with van der Waals surface area (Å²) in [6.07, 6.45) is -5.12. The van der Waals surface area contributed by atoms with Gasteiger partial charge in [-0.25, -0.2) is 0 Å². The molecule has 0 aliphatic heterocycles. The third-order valence-corrected chi connectivity index (χ3v) is 1.69. The predicted octanol–water partition coefficient (Wildman–Crippen LogP) is 2.21.